The van der Waals surface area contributed by atoms with Gasteiger partial charge in [0, 0.05) is 0 Å². The molecule has 2 atom stereocenters. The van der Waals surface area contributed by atoms with E-state index in [1.807, 2.05) is 36.4 Å². The van der Waals surface area contributed by atoms with Crippen molar-refractivity contribution < 1.29 is 14.7 Å². The Morgan fingerprint density at radius 2 is 2.00 bits per heavy atom. The lowest BCUT2D eigenvalue weighted by atomic mass is 9.93. The summed E-state index contributed by atoms with van der Waals surface area (Å²) in [7, 11) is 0. The molecule has 0 spiro atoms. The smallest absolute Gasteiger partial charge is 0.405 e. The fourth-order valence-electron chi connectivity index (χ4n) is 1.82. The van der Waals surface area contributed by atoms with Gasteiger partial charge in [0.25, 0.3) is 0 Å². The molecular formula is C14H16N2O3. The number of nitrogens with zero attached hydrogens (tertiary/aromatic N) is 1. The first kappa shape index (κ1) is 14.7. The van der Waals surface area contributed by atoms with Crippen LogP contribution in [-0.2, 0) is 11.2 Å². The zero-order chi connectivity index (χ0) is 14.3. The Morgan fingerprint density at radius 1 is 1.37 bits per heavy atom. The van der Waals surface area contributed by atoms with Crippen molar-refractivity contribution in [2.75, 3.05) is 0 Å². The molecule has 0 bridgehead atoms. The molecule has 0 aliphatic carbocycles. The maximum atomic E-state index is 12.1. The number of hydrogen-bond donors (Lipinski definition) is 2. The molecule has 2 unspecified atom stereocenters. The number of hydrogen-bond acceptors (Lipinski definition) is 3. The highest BCUT2D eigenvalue weighted by Crippen LogP contribution is 2.11. The van der Waals surface area contributed by atoms with E-state index in [0.29, 0.717) is 6.42 Å². The van der Waals surface area contributed by atoms with Gasteiger partial charge in [0.05, 0.1) is 12.1 Å². The maximum Gasteiger partial charge on any atom is 0.405 e. The number of ketones is 1. The number of nitriles is 1. The van der Waals surface area contributed by atoms with E-state index in [0.717, 1.165) is 5.56 Å². The van der Waals surface area contributed by atoms with Crippen molar-refractivity contribution in [2.45, 2.75) is 25.8 Å². The Morgan fingerprint density at radius 3 is 2.47 bits per heavy atom. The fourth-order valence-corrected chi connectivity index (χ4v) is 1.82. The molecule has 1 aromatic rings. The van der Waals surface area contributed by atoms with Gasteiger partial charge in [0.15, 0.2) is 5.78 Å². The monoisotopic (exact) mass is 260 g/mol. The van der Waals surface area contributed by atoms with E-state index in [1.54, 1.807) is 6.92 Å². The van der Waals surface area contributed by atoms with Crippen molar-refractivity contribution in [2.24, 2.45) is 5.92 Å². The number of rotatable bonds is 6. The van der Waals surface area contributed by atoms with Crippen LogP contribution in [0.25, 0.3) is 0 Å². The minimum absolute atomic E-state index is 0.254. The first-order valence-corrected chi connectivity index (χ1v) is 6.05. The Kier molecular flexibility index (Phi) is 5.55. The lowest BCUT2D eigenvalue weighted by Crippen LogP contribution is -2.44. The normalized spacial score (nSPS) is 13.1. The third-order valence-corrected chi connectivity index (χ3v) is 2.83. The maximum absolute atomic E-state index is 12.1. The number of carbonyl (C=O) groups excluding carboxylic acids is 1. The molecule has 2 N–H and O–H groups in total. The van der Waals surface area contributed by atoms with Gasteiger partial charge < -0.3 is 10.4 Å². The number of Topliss-reactive ketones (excluding diaryl/α,β-unsaturated/α-hetero) is 1. The van der Waals surface area contributed by atoms with Crippen LogP contribution >= 0.6 is 0 Å². The summed E-state index contributed by atoms with van der Waals surface area (Å²) < 4.78 is 0. The number of nitrogens with one attached hydrogen (secondary N) is 1. The van der Waals surface area contributed by atoms with Crippen LogP contribution in [0, 0.1) is 17.2 Å². The van der Waals surface area contributed by atoms with E-state index in [4.69, 9.17) is 10.4 Å². The van der Waals surface area contributed by atoms with E-state index in [2.05, 4.69) is 5.32 Å². The summed E-state index contributed by atoms with van der Waals surface area (Å²) in [5.41, 5.74) is 0.849. The van der Waals surface area contributed by atoms with Gasteiger partial charge in [-0.3, -0.25) is 4.79 Å². The molecule has 1 amide bonds. The number of carboxylic acid groups (broad SMARTS) is 1. The highest BCUT2D eigenvalue weighted by Gasteiger charge is 2.27. The zero-order valence-electron chi connectivity index (χ0n) is 10.7. The molecule has 5 nitrogen and oxygen atoms in total. The number of benzene rings is 1. The van der Waals surface area contributed by atoms with E-state index >= 15 is 0 Å². The van der Waals surface area contributed by atoms with E-state index < -0.39 is 18.1 Å². The molecule has 5 heteroatoms. The average molecular weight is 260 g/mol. The number of amides is 1. The summed E-state index contributed by atoms with van der Waals surface area (Å²) in [6.07, 6.45) is -0.631. The summed E-state index contributed by atoms with van der Waals surface area (Å²) >= 11 is 0. The van der Waals surface area contributed by atoms with Crippen LogP contribution in [0.4, 0.5) is 4.79 Å². The van der Waals surface area contributed by atoms with Crippen LogP contribution in [0.3, 0.4) is 0 Å². The van der Waals surface area contributed by atoms with Crippen molar-refractivity contribution in [1.82, 2.24) is 5.32 Å². The lowest BCUT2D eigenvalue weighted by molar-refractivity contribution is -0.123. The molecule has 0 saturated heterocycles. The molecule has 19 heavy (non-hydrogen) atoms. The van der Waals surface area contributed by atoms with E-state index in [1.165, 1.54) is 0 Å². The van der Waals surface area contributed by atoms with Crippen molar-refractivity contribution >= 4 is 11.9 Å². The molecule has 0 aliphatic rings. The van der Waals surface area contributed by atoms with Crippen LogP contribution in [-0.4, -0.2) is 23.0 Å². The first-order chi connectivity index (χ1) is 9.08. The van der Waals surface area contributed by atoms with Gasteiger partial charge in [-0.25, -0.2) is 4.79 Å². The quantitative estimate of drug-likeness (QED) is 0.818. The second kappa shape index (κ2) is 7.17. The standard InChI is InChI=1S/C14H16N2O3/c1-2-11(9-15)13(17)12(16-14(18)19)8-10-6-4-3-5-7-10/h3-7,11-12,16H,2,8H2,1H3,(H,18,19). The summed E-state index contributed by atoms with van der Waals surface area (Å²) in [6.45, 7) is 1.73. The Hall–Kier alpha value is -2.35. The van der Waals surface area contributed by atoms with Crippen molar-refractivity contribution in [3.05, 3.63) is 35.9 Å². The molecule has 0 fully saturated rings. The number of carbonyl (C=O) groups is 2. The van der Waals surface area contributed by atoms with Crippen LogP contribution in [0.1, 0.15) is 18.9 Å². The molecule has 0 heterocycles. The van der Waals surface area contributed by atoms with Crippen LogP contribution in [0.15, 0.2) is 30.3 Å². The van der Waals surface area contributed by atoms with E-state index in [-0.39, 0.29) is 12.2 Å². The summed E-state index contributed by atoms with van der Waals surface area (Å²) in [6, 6.07) is 10.1. The van der Waals surface area contributed by atoms with Gasteiger partial charge in [-0.2, -0.15) is 5.26 Å². The van der Waals surface area contributed by atoms with Gasteiger partial charge in [-0.15, -0.1) is 0 Å². The molecule has 1 rings (SSSR count). The van der Waals surface area contributed by atoms with Gasteiger partial charge in [-0.1, -0.05) is 37.3 Å². The minimum atomic E-state index is -1.26. The predicted octanol–water partition coefficient (Wildman–Crippen LogP) is 1.98. The molecule has 100 valence electrons. The molecule has 0 aliphatic heterocycles. The Labute approximate surface area is 111 Å². The molecule has 0 radical (unpaired) electrons. The van der Waals surface area contributed by atoms with Gasteiger partial charge in [-0.05, 0) is 18.4 Å². The Bertz CT molecular complexity index is 479. The lowest BCUT2D eigenvalue weighted by Gasteiger charge is -2.18. The molecular weight excluding hydrogens is 244 g/mol. The highest BCUT2D eigenvalue weighted by molar-refractivity contribution is 5.90. The fraction of sp³-hybridized carbons (Fsp3) is 0.357. The predicted molar refractivity (Wildman–Crippen MR) is 69.5 cm³/mol. The van der Waals surface area contributed by atoms with Gasteiger partial charge in [0.1, 0.15) is 5.92 Å². The zero-order valence-corrected chi connectivity index (χ0v) is 10.7. The first-order valence-electron chi connectivity index (χ1n) is 6.05. The van der Waals surface area contributed by atoms with Gasteiger partial charge in [0.2, 0.25) is 0 Å². The topological polar surface area (TPSA) is 90.2 Å². The SMILES string of the molecule is CCC(C#N)C(=O)C(Cc1ccccc1)NC(=O)O. The largest absolute Gasteiger partial charge is 0.465 e. The summed E-state index contributed by atoms with van der Waals surface area (Å²) in [5.74, 6) is -1.16. The average Bonchev–Trinajstić information content (AvgIpc) is 2.40. The van der Waals surface area contributed by atoms with Gasteiger partial charge >= 0.3 is 6.09 Å². The van der Waals surface area contributed by atoms with Crippen molar-refractivity contribution in [3.8, 4) is 6.07 Å². The summed E-state index contributed by atoms with van der Waals surface area (Å²) in [4.78, 5) is 22.9. The van der Waals surface area contributed by atoms with E-state index in [9.17, 15) is 9.59 Å². The van der Waals surface area contributed by atoms with Crippen molar-refractivity contribution in [3.63, 3.8) is 0 Å². The third kappa shape index (κ3) is 4.43. The molecule has 0 saturated carbocycles. The second-order valence-corrected chi connectivity index (χ2v) is 4.18. The second-order valence-electron chi connectivity index (χ2n) is 4.18. The molecule has 0 aromatic heterocycles. The summed E-state index contributed by atoms with van der Waals surface area (Å²) in [5, 5.41) is 19.9. The van der Waals surface area contributed by atoms with Crippen LogP contribution in [0.5, 0.6) is 0 Å². The minimum Gasteiger partial charge on any atom is -0.465 e. The van der Waals surface area contributed by atoms with Crippen LogP contribution in [0.2, 0.25) is 0 Å². The Balaban J connectivity index is 2.86. The third-order valence-electron chi connectivity index (χ3n) is 2.83. The van der Waals surface area contributed by atoms with Crippen LogP contribution < -0.4 is 5.32 Å². The highest BCUT2D eigenvalue weighted by atomic mass is 16.4. The van der Waals surface area contributed by atoms with Crippen molar-refractivity contribution in [1.29, 1.82) is 5.26 Å². The molecule has 1 aromatic carbocycles.